The van der Waals surface area contributed by atoms with Crippen LogP contribution in [0, 0.1) is 10.1 Å². The van der Waals surface area contributed by atoms with Gasteiger partial charge >= 0.3 is 12.0 Å². The summed E-state index contributed by atoms with van der Waals surface area (Å²) in [5.41, 5.74) is 1.35. The molecule has 0 unspecified atom stereocenters. The number of carbonyl (C=O) groups excluding carboxylic acids is 2. The Morgan fingerprint density at radius 1 is 1.31 bits per heavy atom. The van der Waals surface area contributed by atoms with Crippen molar-refractivity contribution in [3.05, 3.63) is 51.2 Å². The molecule has 26 heavy (non-hydrogen) atoms. The highest BCUT2D eigenvalue weighted by Gasteiger charge is 2.35. The van der Waals surface area contributed by atoms with Crippen LogP contribution in [0.25, 0.3) is 0 Å². The lowest BCUT2D eigenvalue weighted by atomic mass is 9.95. The summed E-state index contributed by atoms with van der Waals surface area (Å²) in [5.74, 6) is -0.492. The first-order valence-corrected chi connectivity index (χ1v) is 8.53. The van der Waals surface area contributed by atoms with Crippen LogP contribution in [-0.4, -0.2) is 35.5 Å². The van der Waals surface area contributed by atoms with E-state index in [1.165, 1.54) is 29.2 Å². The van der Waals surface area contributed by atoms with Crippen LogP contribution in [0.5, 0.6) is 0 Å². The van der Waals surface area contributed by atoms with E-state index in [0.717, 1.165) is 19.3 Å². The second kappa shape index (κ2) is 8.46. The maximum Gasteiger partial charge on any atom is 0.338 e. The van der Waals surface area contributed by atoms with Crippen molar-refractivity contribution >= 4 is 17.7 Å². The summed E-state index contributed by atoms with van der Waals surface area (Å²) >= 11 is 0. The van der Waals surface area contributed by atoms with Crippen molar-refractivity contribution in [3.63, 3.8) is 0 Å². The molecule has 0 radical (unpaired) electrons. The van der Waals surface area contributed by atoms with Crippen molar-refractivity contribution in [3.8, 4) is 0 Å². The Labute approximate surface area is 152 Å². The van der Waals surface area contributed by atoms with Crippen LogP contribution < -0.4 is 5.32 Å². The summed E-state index contributed by atoms with van der Waals surface area (Å²) in [6.07, 6.45) is 2.76. The number of allylic oxidation sites excluding steroid dienone is 1. The Morgan fingerprint density at radius 3 is 2.54 bits per heavy atom. The third-order valence-corrected chi connectivity index (χ3v) is 4.39. The van der Waals surface area contributed by atoms with Crippen LogP contribution in [0.15, 0.2) is 35.5 Å². The number of amides is 2. The van der Waals surface area contributed by atoms with Crippen LogP contribution in [0.4, 0.5) is 10.5 Å². The lowest BCUT2D eigenvalue weighted by molar-refractivity contribution is -0.384. The fourth-order valence-electron chi connectivity index (χ4n) is 2.73. The average Bonchev–Trinajstić information content (AvgIpc) is 2.63. The highest BCUT2D eigenvalue weighted by molar-refractivity contribution is 5.95. The van der Waals surface area contributed by atoms with E-state index in [9.17, 15) is 19.7 Å². The van der Waals surface area contributed by atoms with Gasteiger partial charge in [0.1, 0.15) is 0 Å². The summed E-state index contributed by atoms with van der Waals surface area (Å²) in [4.78, 5) is 36.4. The smallest absolute Gasteiger partial charge is 0.338 e. The van der Waals surface area contributed by atoms with Crippen molar-refractivity contribution < 1.29 is 19.2 Å². The molecule has 8 nitrogen and oxygen atoms in total. The molecule has 0 aromatic heterocycles. The largest absolute Gasteiger partial charge is 0.462 e. The fraction of sp³-hybridized carbons (Fsp3) is 0.444. The van der Waals surface area contributed by atoms with Crippen LogP contribution in [0.3, 0.4) is 0 Å². The van der Waals surface area contributed by atoms with E-state index in [1.54, 1.807) is 14.0 Å². The zero-order valence-electron chi connectivity index (χ0n) is 15.2. The van der Waals surface area contributed by atoms with Gasteiger partial charge in [-0.3, -0.25) is 10.1 Å². The van der Waals surface area contributed by atoms with Crippen molar-refractivity contribution in [2.24, 2.45) is 0 Å². The standard InChI is InChI=1S/C18H23N3O5/c1-4-5-6-11-26-17(22)15-12(2)20(3)18(23)19-16(15)13-7-9-14(10-8-13)21(24)25/h7-10,16H,4-6,11H2,1-3H3,(H,19,23)/t16-/m0/s1. The number of urea groups is 1. The number of ether oxygens (including phenoxy) is 1. The molecule has 1 N–H and O–H groups in total. The number of hydrogen-bond donors (Lipinski definition) is 1. The van der Waals surface area contributed by atoms with Crippen LogP contribution >= 0.6 is 0 Å². The Bertz CT molecular complexity index is 727. The number of non-ortho nitro benzene ring substituents is 1. The van der Waals surface area contributed by atoms with Gasteiger partial charge in [-0.1, -0.05) is 19.8 Å². The van der Waals surface area contributed by atoms with Gasteiger partial charge in [-0.15, -0.1) is 0 Å². The molecule has 0 fully saturated rings. The topological polar surface area (TPSA) is 102 Å². The fourth-order valence-corrected chi connectivity index (χ4v) is 2.73. The first-order chi connectivity index (χ1) is 12.4. The molecule has 2 amide bonds. The molecule has 1 atom stereocenters. The van der Waals surface area contributed by atoms with Gasteiger partial charge in [0, 0.05) is 24.9 Å². The molecule has 1 aromatic carbocycles. The summed E-state index contributed by atoms with van der Waals surface area (Å²) in [7, 11) is 1.57. The molecule has 0 bridgehead atoms. The predicted octanol–water partition coefficient (Wildman–Crippen LogP) is 3.30. The summed E-state index contributed by atoms with van der Waals surface area (Å²) in [5, 5.41) is 13.6. The molecule has 1 heterocycles. The normalized spacial score (nSPS) is 17.1. The Balaban J connectivity index is 2.30. The summed E-state index contributed by atoms with van der Waals surface area (Å²) in [6, 6.07) is 4.70. The number of benzene rings is 1. The monoisotopic (exact) mass is 361 g/mol. The second-order valence-electron chi connectivity index (χ2n) is 6.13. The minimum Gasteiger partial charge on any atom is -0.462 e. The SMILES string of the molecule is CCCCCOC(=O)C1=C(C)N(C)C(=O)N[C@H]1c1ccc([N+](=O)[O-])cc1. The van der Waals surface area contributed by atoms with Crippen LogP contribution in [0.1, 0.15) is 44.7 Å². The molecule has 0 saturated heterocycles. The molecule has 140 valence electrons. The van der Waals surface area contributed by atoms with Gasteiger partial charge in [0.15, 0.2) is 0 Å². The van der Waals surface area contributed by atoms with Gasteiger partial charge in [-0.05, 0) is 31.0 Å². The van der Waals surface area contributed by atoms with Gasteiger partial charge in [0.05, 0.1) is 23.1 Å². The average molecular weight is 361 g/mol. The Hall–Kier alpha value is -2.90. The highest BCUT2D eigenvalue weighted by atomic mass is 16.6. The second-order valence-corrected chi connectivity index (χ2v) is 6.13. The van der Waals surface area contributed by atoms with E-state index >= 15 is 0 Å². The summed E-state index contributed by atoms with van der Waals surface area (Å²) < 4.78 is 5.37. The Kier molecular flexibility index (Phi) is 6.32. The van der Waals surface area contributed by atoms with Gasteiger partial charge in [0.25, 0.3) is 5.69 Å². The summed E-state index contributed by atoms with van der Waals surface area (Å²) in [6.45, 7) is 4.05. The van der Waals surface area contributed by atoms with Gasteiger partial charge in [-0.2, -0.15) is 0 Å². The lowest BCUT2D eigenvalue weighted by Gasteiger charge is -2.33. The van der Waals surface area contributed by atoms with E-state index < -0.39 is 16.9 Å². The van der Waals surface area contributed by atoms with Gasteiger partial charge in [-0.25, -0.2) is 9.59 Å². The van der Waals surface area contributed by atoms with E-state index in [4.69, 9.17) is 4.74 Å². The van der Waals surface area contributed by atoms with E-state index in [-0.39, 0.29) is 11.7 Å². The minimum absolute atomic E-state index is 0.0580. The van der Waals surface area contributed by atoms with Crippen molar-refractivity contribution in [2.75, 3.05) is 13.7 Å². The third-order valence-electron chi connectivity index (χ3n) is 4.39. The molecule has 8 heteroatoms. The predicted molar refractivity (Wildman–Crippen MR) is 95.3 cm³/mol. The molecule has 0 spiro atoms. The van der Waals surface area contributed by atoms with Crippen molar-refractivity contribution in [2.45, 2.75) is 39.2 Å². The number of rotatable bonds is 7. The molecule has 0 saturated carbocycles. The number of carbonyl (C=O) groups is 2. The quantitative estimate of drug-likeness (QED) is 0.347. The molecule has 1 aliphatic rings. The highest BCUT2D eigenvalue weighted by Crippen LogP contribution is 2.31. The molecule has 2 rings (SSSR count). The zero-order valence-corrected chi connectivity index (χ0v) is 15.2. The van der Waals surface area contributed by atoms with E-state index in [2.05, 4.69) is 12.2 Å². The van der Waals surface area contributed by atoms with Gasteiger partial charge in [0.2, 0.25) is 0 Å². The molecule has 0 aliphatic carbocycles. The number of hydrogen-bond acceptors (Lipinski definition) is 5. The maximum absolute atomic E-state index is 12.6. The molecule has 1 aliphatic heterocycles. The molecular formula is C18H23N3O5. The third kappa shape index (κ3) is 4.19. The Morgan fingerprint density at radius 2 is 1.96 bits per heavy atom. The van der Waals surface area contributed by atoms with Crippen LogP contribution in [0.2, 0.25) is 0 Å². The van der Waals surface area contributed by atoms with Crippen molar-refractivity contribution in [1.29, 1.82) is 0 Å². The number of nitrogens with one attached hydrogen (secondary N) is 1. The first kappa shape index (κ1) is 19.4. The number of nitro benzene ring substituents is 1. The molecule has 1 aromatic rings. The molecular weight excluding hydrogens is 338 g/mol. The first-order valence-electron chi connectivity index (χ1n) is 8.53. The maximum atomic E-state index is 12.6. The number of unbranched alkanes of at least 4 members (excludes halogenated alkanes) is 2. The number of esters is 1. The number of nitro groups is 1. The van der Waals surface area contributed by atoms with E-state index in [1.807, 2.05) is 0 Å². The minimum atomic E-state index is -0.710. The van der Waals surface area contributed by atoms with Crippen LogP contribution in [-0.2, 0) is 9.53 Å². The lowest BCUT2D eigenvalue weighted by Crippen LogP contribution is -2.46. The zero-order chi connectivity index (χ0) is 19.3. The van der Waals surface area contributed by atoms with Gasteiger partial charge < -0.3 is 15.0 Å². The van der Waals surface area contributed by atoms with Crippen molar-refractivity contribution in [1.82, 2.24) is 10.2 Å². The van der Waals surface area contributed by atoms with E-state index in [0.29, 0.717) is 23.4 Å². The number of nitrogens with zero attached hydrogens (tertiary/aromatic N) is 2.